The molecule has 150 valence electrons. The van der Waals surface area contributed by atoms with Crippen LogP contribution in [-0.2, 0) is 9.47 Å². The lowest BCUT2D eigenvalue weighted by Gasteiger charge is -2.32. The van der Waals surface area contributed by atoms with Crippen LogP contribution < -0.4 is 0 Å². The summed E-state index contributed by atoms with van der Waals surface area (Å²) in [5, 5.41) is 0. The van der Waals surface area contributed by atoms with E-state index in [4.69, 9.17) is 9.47 Å². The van der Waals surface area contributed by atoms with Crippen molar-refractivity contribution in [3.63, 3.8) is 0 Å². The molecule has 2 aliphatic carbocycles. The van der Waals surface area contributed by atoms with Crippen LogP contribution in [0.3, 0.4) is 0 Å². The molecular formula is C28H26O2. The molecule has 3 unspecified atom stereocenters. The van der Waals surface area contributed by atoms with Crippen molar-refractivity contribution in [2.24, 2.45) is 17.8 Å². The third kappa shape index (κ3) is 3.03. The van der Waals surface area contributed by atoms with Gasteiger partial charge in [-0.25, -0.2) is 0 Å². The molecule has 6 rings (SSSR count). The zero-order chi connectivity index (χ0) is 19.9. The maximum atomic E-state index is 6.75. The van der Waals surface area contributed by atoms with Crippen LogP contribution in [0.5, 0.6) is 0 Å². The number of rotatable bonds is 4. The SMILES string of the molecule is C1=CC2CC1C(c1ccccc1)[C@H]2C1O[C@@H](c2ccccc2)[C@H](c2ccccc2)O1. The van der Waals surface area contributed by atoms with Crippen molar-refractivity contribution in [2.75, 3.05) is 0 Å². The summed E-state index contributed by atoms with van der Waals surface area (Å²) in [6, 6.07) is 32.0. The second kappa shape index (κ2) is 7.54. The maximum absolute atomic E-state index is 6.75. The van der Waals surface area contributed by atoms with E-state index in [-0.39, 0.29) is 18.5 Å². The Kier molecular flexibility index (Phi) is 4.55. The van der Waals surface area contributed by atoms with E-state index in [9.17, 15) is 0 Å². The summed E-state index contributed by atoms with van der Waals surface area (Å²) in [5.41, 5.74) is 3.78. The number of benzene rings is 3. The summed E-state index contributed by atoms with van der Waals surface area (Å²) in [5.74, 6) is 1.91. The van der Waals surface area contributed by atoms with Crippen molar-refractivity contribution in [1.29, 1.82) is 0 Å². The van der Waals surface area contributed by atoms with Crippen molar-refractivity contribution in [2.45, 2.75) is 30.8 Å². The lowest BCUT2D eigenvalue weighted by atomic mass is 9.78. The highest BCUT2D eigenvalue weighted by atomic mass is 16.7. The normalized spacial score (nSPS) is 32.7. The number of hydrogen-bond acceptors (Lipinski definition) is 2. The first-order chi connectivity index (χ1) is 14.9. The van der Waals surface area contributed by atoms with Gasteiger partial charge in [-0.3, -0.25) is 0 Å². The van der Waals surface area contributed by atoms with Gasteiger partial charge >= 0.3 is 0 Å². The molecule has 2 bridgehead atoms. The van der Waals surface area contributed by atoms with Crippen LogP contribution in [-0.4, -0.2) is 6.29 Å². The fourth-order valence-corrected chi connectivity index (χ4v) is 5.81. The lowest BCUT2D eigenvalue weighted by Crippen LogP contribution is -2.31. The summed E-state index contributed by atoms with van der Waals surface area (Å²) in [4.78, 5) is 0. The van der Waals surface area contributed by atoms with E-state index in [1.165, 1.54) is 23.1 Å². The average Bonchev–Trinajstić information content (AvgIpc) is 3.55. The Morgan fingerprint density at radius 3 is 1.53 bits per heavy atom. The fraction of sp³-hybridized carbons (Fsp3) is 0.286. The van der Waals surface area contributed by atoms with Crippen LogP contribution in [0, 0.1) is 17.8 Å². The molecule has 1 saturated heterocycles. The number of fused-ring (bicyclic) bond motifs is 2. The topological polar surface area (TPSA) is 18.5 Å². The Bertz CT molecular complexity index is 967. The molecule has 2 nitrogen and oxygen atoms in total. The van der Waals surface area contributed by atoms with Gasteiger partial charge in [-0.15, -0.1) is 0 Å². The van der Waals surface area contributed by atoms with E-state index in [0.717, 1.165) is 0 Å². The Labute approximate surface area is 178 Å². The number of ether oxygens (including phenoxy) is 2. The molecule has 1 aliphatic heterocycles. The molecule has 2 heteroatoms. The van der Waals surface area contributed by atoms with Gasteiger partial charge in [0.2, 0.25) is 0 Å². The monoisotopic (exact) mass is 394 g/mol. The molecular weight excluding hydrogens is 368 g/mol. The highest BCUT2D eigenvalue weighted by Gasteiger charge is 2.53. The zero-order valence-electron chi connectivity index (χ0n) is 16.9. The van der Waals surface area contributed by atoms with Crippen molar-refractivity contribution < 1.29 is 9.47 Å². The fourth-order valence-electron chi connectivity index (χ4n) is 5.81. The highest BCUT2D eigenvalue weighted by molar-refractivity contribution is 5.31. The van der Waals surface area contributed by atoms with Crippen molar-refractivity contribution >= 4 is 0 Å². The lowest BCUT2D eigenvalue weighted by molar-refractivity contribution is -0.116. The molecule has 3 aromatic rings. The molecule has 3 aromatic carbocycles. The molecule has 30 heavy (non-hydrogen) atoms. The summed E-state index contributed by atoms with van der Waals surface area (Å²) in [6.07, 6.45) is 5.65. The van der Waals surface area contributed by atoms with E-state index in [2.05, 4.69) is 103 Å². The minimum absolute atomic E-state index is 0.0851. The maximum Gasteiger partial charge on any atom is 0.163 e. The van der Waals surface area contributed by atoms with Gasteiger partial charge in [0.15, 0.2) is 6.29 Å². The van der Waals surface area contributed by atoms with Crippen LogP contribution in [0.15, 0.2) is 103 Å². The summed E-state index contributed by atoms with van der Waals surface area (Å²) in [6.45, 7) is 0. The largest absolute Gasteiger partial charge is 0.341 e. The van der Waals surface area contributed by atoms with E-state index >= 15 is 0 Å². The Balaban J connectivity index is 1.36. The van der Waals surface area contributed by atoms with Crippen molar-refractivity contribution in [3.8, 4) is 0 Å². The van der Waals surface area contributed by atoms with Crippen LogP contribution in [0.4, 0.5) is 0 Å². The molecule has 0 amide bonds. The first kappa shape index (κ1) is 18.1. The third-order valence-corrected chi connectivity index (χ3v) is 7.11. The Morgan fingerprint density at radius 1 is 0.533 bits per heavy atom. The van der Waals surface area contributed by atoms with Crippen LogP contribution in [0.25, 0.3) is 0 Å². The van der Waals surface area contributed by atoms with Crippen LogP contribution in [0.1, 0.15) is 41.2 Å². The van der Waals surface area contributed by atoms with Gasteiger partial charge in [0, 0.05) is 5.92 Å². The summed E-state index contributed by atoms with van der Waals surface area (Å²) in [7, 11) is 0. The van der Waals surface area contributed by atoms with Crippen LogP contribution >= 0.6 is 0 Å². The first-order valence-corrected chi connectivity index (χ1v) is 11.0. The van der Waals surface area contributed by atoms with E-state index in [0.29, 0.717) is 23.7 Å². The zero-order valence-corrected chi connectivity index (χ0v) is 16.9. The predicted octanol–water partition coefficient (Wildman–Crippen LogP) is 6.45. The van der Waals surface area contributed by atoms with E-state index < -0.39 is 0 Å². The average molecular weight is 395 g/mol. The van der Waals surface area contributed by atoms with Gasteiger partial charge in [-0.05, 0) is 40.9 Å². The molecule has 6 atom stereocenters. The van der Waals surface area contributed by atoms with Gasteiger partial charge in [0.05, 0.1) is 0 Å². The van der Waals surface area contributed by atoms with Gasteiger partial charge in [0.25, 0.3) is 0 Å². The Hall–Kier alpha value is -2.68. The molecule has 3 aliphatic rings. The minimum Gasteiger partial charge on any atom is -0.341 e. The molecule has 0 spiro atoms. The molecule has 0 aromatic heterocycles. The molecule has 0 N–H and O–H groups in total. The molecule has 1 heterocycles. The minimum atomic E-state index is -0.203. The summed E-state index contributed by atoms with van der Waals surface area (Å²) >= 11 is 0. The van der Waals surface area contributed by atoms with Gasteiger partial charge in [-0.1, -0.05) is 103 Å². The first-order valence-electron chi connectivity index (χ1n) is 11.0. The van der Waals surface area contributed by atoms with Crippen LogP contribution in [0.2, 0.25) is 0 Å². The second-order valence-electron chi connectivity index (χ2n) is 8.77. The van der Waals surface area contributed by atoms with Crippen molar-refractivity contribution in [1.82, 2.24) is 0 Å². The van der Waals surface area contributed by atoms with E-state index in [1.54, 1.807) is 0 Å². The molecule has 0 radical (unpaired) electrons. The number of allylic oxidation sites excluding steroid dienone is 2. The smallest absolute Gasteiger partial charge is 0.163 e. The quantitative estimate of drug-likeness (QED) is 0.474. The Morgan fingerprint density at radius 2 is 1.00 bits per heavy atom. The highest BCUT2D eigenvalue weighted by Crippen LogP contribution is 2.58. The standard InChI is InChI=1S/C28H26O2/c1-4-10-19(11-5-1)24-22-16-17-23(18-22)25(24)28-29-26(20-12-6-2-7-13-20)27(30-28)21-14-8-3-9-15-21/h1-17,22-28H,18H2/t22?,23?,24?,25-,26-,27-/m0/s1. The predicted molar refractivity (Wildman–Crippen MR) is 118 cm³/mol. The molecule has 2 fully saturated rings. The van der Waals surface area contributed by atoms with E-state index in [1.807, 2.05) is 0 Å². The number of hydrogen-bond donors (Lipinski definition) is 0. The van der Waals surface area contributed by atoms with Gasteiger partial charge < -0.3 is 9.47 Å². The van der Waals surface area contributed by atoms with Crippen molar-refractivity contribution in [3.05, 3.63) is 120 Å². The molecule has 1 saturated carbocycles. The third-order valence-electron chi connectivity index (χ3n) is 7.11. The van der Waals surface area contributed by atoms with Gasteiger partial charge in [-0.2, -0.15) is 0 Å². The summed E-state index contributed by atoms with van der Waals surface area (Å²) < 4.78 is 13.5. The van der Waals surface area contributed by atoms with Gasteiger partial charge in [0.1, 0.15) is 12.2 Å². The second-order valence-corrected chi connectivity index (χ2v) is 8.77.